The highest BCUT2D eigenvalue weighted by Crippen LogP contribution is 2.27. The van der Waals surface area contributed by atoms with Gasteiger partial charge in [-0.2, -0.15) is 5.10 Å². The second-order valence-electron chi connectivity index (χ2n) is 4.38. The lowest BCUT2D eigenvalue weighted by Crippen LogP contribution is -2.23. The van der Waals surface area contributed by atoms with E-state index in [0.717, 1.165) is 25.1 Å². The molecule has 0 radical (unpaired) electrons. The third-order valence-electron chi connectivity index (χ3n) is 2.81. The van der Waals surface area contributed by atoms with Gasteiger partial charge in [0.1, 0.15) is 0 Å². The summed E-state index contributed by atoms with van der Waals surface area (Å²) in [6.07, 6.45) is 4.07. The number of aromatic nitrogens is 2. The van der Waals surface area contributed by atoms with Gasteiger partial charge < -0.3 is 5.32 Å². The third kappa shape index (κ3) is 3.67. The summed E-state index contributed by atoms with van der Waals surface area (Å²) in [5, 5.41) is 10.3. The van der Waals surface area contributed by atoms with E-state index in [0.29, 0.717) is 6.04 Å². The van der Waals surface area contributed by atoms with Gasteiger partial charge in [-0.05, 0) is 52.0 Å². The van der Waals surface area contributed by atoms with Crippen molar-refractivity contribution in [3.8, 4) is 0 Å². The largest absolute Gasteiger partial charge is 0.310 e. The number of nitrogens with zero attached hydrogens (tertiary/aromatic N) is 2. The molecule has 0 aromatic carbocycles. The maximum Gasteiger partial charge on any atom is 0.0701 e. The van der Waals surface area contributed by atoms with E-state index in [9.17, 15) is 0 Å². The van der Waals surface area contributed by atoms with Crippen LogP contribution in [0.3, 0.4) is 0 Å². The van der Waals surface area contributed by atoms with Crippen LogP contribution in [0.25, 0.3) is 0 Å². The first-order valence-corrected chi connectivity index (χ1v) is 7.82. The Morgan fingerprint density at radius 1 is 1.56 bits per heavy atom. The van der Waals surface area contributed by atoms with Crippen molar-refractivity contribution in [3.05, 3.63) is 38.8 Å². The second kappa shape index (κ2) is 6.50. The maximum absolute atomic E-state index is 4.46. The molecule has 0 aliphatic carbocycles. The van der Waals surface area contributed by atoms with Gasteiger partial charge in [-0.1, -0.05) is 6.92 Å². The molecule has 98 valence electrons. The number of rotatable bonds is 6. The minimum atomic E-state index is 0.349. The molecular weight excluding hydrogens is 310 g/mol. The summed E-state index contributed by atoms with van der Waals surface area (Å²) in [5.74, 6) is 0. The van der Waals surface area contributed by atoms with Crippen LogP contribution in [0.4, 0.5) is 0 Å². The monoisotopic (exact) mass is 327 g/mol. The summed E-state index contributed by atoms with van der Waals surface area (Å²) < 4.78 is 3.04. The number of halogens is 1. The van der Waals surface area contributed by atoms with Crippen molar-refractivity contribution in [3.63, 3.8) is 0 Å². The Balaban J connectivity index is 2.09. The van der Waals surface area contributed by atoms with Crippen LogP contribution >= 0.6 is 27.3 Å². The first-order chi connectivity index (χ1) is 8.69. The van der Waals surface area contributed by atoms with Crippen LogP contribution in [0.15, 0.2) is 27.5 Å². The van der Waals surface area contributed by atoms with Crippen LogP contribution in [-0.2, 0) is 13.5 Å². The molecule has 3 nitrogen and oxygen atoms in total. The highest BCUT2D eigenvalue weighted by atomic mass is 79.9. The molecule has 2 rings (SSSR count). The van der Waals surface area contributed by atoms with E-state index in [1.165, 1.54) is 9.35 Å². The zero-order valence-electron chi connectivity index (χ0n) is 10.7. The predicted molar refractivity (Wildman–Crippen MR) is 80.0 cm³/mol. The molecular formula is C13H18BrN3S. The molecule has 2 heterocycles. The minimum absolute atomic E-state index is 0.349. The fraction of sp³-hybridized carbons (Fsp3) is 0.462. The molecule has 1 unspecified atom stereocenters. The molecule has 1 N–H and O–H groups in total. The van der Waals surface area contributed by atoms with Gasteiger partial charge in [0.2, 0.25) is 0 Å². The van der Waals surface area contributed by atoms with Crippen LogP contribution < -0.4 is 5.32 Å². The molecule has 0 bridgehead atoms. The summed E-state index contributed by atoms with van der Waals surface area (Å²) in [6.45, 7) is 3.22. The zero-order valence-corrected chi connectivity index (χ0v) is 13.1. The lowest BCUT2D eigenvalue weighted by atomic mass is 10.1. The third-order valence-corrected chi connectivity index (χ3v) is 4.34. The number of thiophene rings is 1. The molecule has 0 saturated carbocycles. The maximum atomic E-state index is 4.46. The molecule has 2 aromatic heterocycles. The standard InChI is InChI=1S/C13H18BrN3S/c1-3-5-15-12(10-7-13(14)18-9-10)8-11-4-6-17(2)16-11/h4,6-7,9,12,15H,3,5,8H2,1-2H3. The van der Waals surface area contributed by atoms with Crippen molar-refractivity contribution >= 4 is 27.3 Å². The summed E-state index contributed by atoms with van der Waals surface area (Å²) >= 11 is 5.26. The average Bonchev–Trinajstić information content (AvgIpc) is 2.93. The Morgan fingerprint density at radius 2 is 2.39 bits per heavy atom. The predicted octanol–water partition coefficient (Wildman–Crippen LogP) is 3.53. The van der Waals surface area contributed by atoms with Crippen LogP contribution in [0.2, 0.25) is 0 Å². The van der Waals surface area contributed by atoms with E-state index >= 15 is 0 Å². The first-order valence-electron chi connectivity index (χ1n) is 6.15. The average molecular weight is 328 g/mol. The van der Waals surface area contributed by atoms with Gasteiger partial charge in [-0.25, -0.2) is 0 Å². The highest BCUT2D eigenvalue weighted by molar-refractivity contribution is 9.11. The van der Waals surface area contributed by atoms with E-state index in [2.05, 4.69) is 50.8 Å². The van der Waals surface area contributed by atoms with E-state index in [1.54, 1.807) is 11.3 Å². The molecule has 18 heavy (non-hydrogen) atoms. The number of hydrogen-bond donors (Lipinski definition) is 1. The molecule has 0 amide bonds. The number of hydrogen-bond acceptors (Lipinski definition) is 3. The number of nitrogens with one attached hydrogen (secondary N) is 1. The second-order valence-corrected chi connectivity index (χ2v) is 6.67. The fourth-order valence-corrected chi connectivity index (χ4v) is 3.14. The highest BCUT2D eigenvalue weighted by Gasteiger charge is 2.14. The lowest BCUT2D eigenvalue weighted by molar-refractivity contribution is 0.522. The van der Waals surface area contributed by atoms with Gasteiger partial charge >= 0.3 is 0 Å². The lowest BCUT2D eigenvalue weighted by Gasteiger charge is -2.16. The summed E-state index contributed by atoms with van der Waals surface area (Å²) in [4.78, 5) is 0. The number of aryl methyl sites for hydroxylation is 1. The Bertz CT molecular complexity index is 492. The van der Waals surface area contributed by atoms with Crippen molar-refractivity contribution in [1.82, 2.24) is 15.1 Å². The van der Waals surface area contributed by atoms with Crippen molar-refractivity contribution in [1.29, 1.82) is 0 Å². The molecule has 5 heteroatoms. The van der Waals surface area contributed by atoms with Crippen LogP contribution in [0, 0.1) is 0 Å². The van der Waals surface area contributed by atoms with Crippen molar-refractivity contribution in [2.75, 3.05) is 6.54 Å². The Hall–Kier alpha value is -0.650. The van der Waals surface area contributed by atoms with Crippen LogP contribution in [0.5, 0.6) is 0 Å². The normalized spacial score (nSPS) is 12.8. The molecule has 0 aliphatic heterocycles. The Morgan fingerprint density at radius 3 is 2.94 bits per heavy atom. The SMILES string of the molecule is CCCNC(Cc1ccn(C)n1)c1csc(Br)c1. The Kier molecular flexibility index (Phi) is 4.97. The first kappa shape index (κ1) is 13.8. The van der Waals surface area contributed by atoms with Crippen LogP contribution in [-0.4, -0.2) is 16.3 Å². The topological polar surface area (TPSA) is 29.9 Å². The molecule has 2 aromatic rings. The van der Waals surface area contributed by atoms with Gasteiger partial charge in [-0.15, -0.1) is 11.3 Å². The molecule has 0 aliphatic rings. The van der Waals surface area contributed by atoms with Gasteiger partial charge in [0.05, 0.1) is 9.48 Å². The quantitative estimate of drug-likeness (QED) is 0.879. The molecule has 0 saturated heterocycles. The van der Waals surface area contributed by atoms with Crippen molar-refractivity contribution in [2.24, 2.45) is 7.05 Å². The molecule has 1 atom stereocenters. The zero-order chi connectivity index (χ0) is 13.0. The summed E-state index contributed by atoms with van der Waals surface area (Å²) in [7, 11) is 1.96. The minimum Gasteiger partial charge on any atom is -0.310 e. The van der Waals surface area contributed by atoms with E-state index in [1.807, 2.05) is 17.9 Å². The van der Waals surface area contributed by atoms with Crippen molar-refractivity contribution < 1.29 is 0 Å². The van der Waals surface area contributed by atoms with Gasteiger partial charge in [0, 0.05) is 25.7 Å². The summed E-state index contributed by atoms with van der Waals surface area (Å²) in [6, 6.07) is 4.63. The van der Waals surface area contributed by atoms with Crippen LogP contribution in [0.1, 0.15) is 30.6 Å². The molecule has 0 spiro atoms. The van der Waals surface area contributed by atoms with E-state index in [-0.39, 0.29) is 0 Å². The van der Waals surface area contributed by atoms with Crippen molar-refractivity contribution in [2.45, 2.75) is 25.8 Å². The summed E-state index contributed by atoms with van der Waals surface area (Å²) in [5.41, 5.74) is 2.47. The van der Waals surface area contributed by atoms with Gasteiger partial charge in [0.15, 0.2) is 0 Å². The molecule has 0 fully saturated rings. The fourth-order valence-electron chi connectivity index (χ4n) is 1.91. The van der Waals surface area contributed by atoms with E-state index in [4.69, 9.17) is 0 Å². The van der Waals surface area contributed by atoms with Gasteiger partial charge in [-0.3, -0.25) is 4.68 Å². The van der Waals surface area contributed by atoms with Gasteiger partial charge in [0.25, 0.3) is 0 Å². The Labute approximate surface area is 120 Å². The smallest absolute Gasteiger partial charge is 0.0701 e. The van der Waals surface area contributed by atoms with E-state index < -0.39 is 0 Å².